The first-order chi connectivity index (χ1) is 16.0. The molecular formula is C23H28N4O5S. The maximum atomic E-state index is 12.2. The fourth-order valence-corrected chi connectivity index (χ4v) is 2.72. The van der Waals surface area contributed by atoms with Crippen LogP contribution in [0.1, 0.15) is 35.7 Å². The smallest absolute Gasteiger partial charge is 0.257 e. The lowest BCUT2D eigenvalue weighted by Crippen LogP contribution is -2.48. The average molecular weight is 473 g/mol. The molecule has 0 bridgehead atoms. The number of nitrogens with one attached hydrogen (secondary N) is 4. The van der Waals surface area contributed by atoms with Crippen LogP contribution >= 0.6 is 12.2 Å². The third-order valence-corrected chi connectivity index (χ3v) is 4.48. The van der Waals surface area contributed by atoms with E-state index in [-0.39, 0.29) is 23.9 Å². The first-order valence-electron chi connectivity index (χ1n) is 10.5. The van der Waals surface area contributed by atoms with Crippen molar-refractivity contribution in [2.45, 2.75) is 26.3 Å². The fraction of sp³-hybridized carbons (Fsp3) is 0.304. The van der Waals surface area contributed by atoms with Crippen LogP contribution in [0.25, 0.3) is 0 Å². The van der Waals surface area contributed by atoms with E-state index in [0.717, 1.165) is 5.56 Å². The van der Waals surface area contributed by atoms with E-state index in [1.807, 2.05) is 37.3 Å². The summed E-state index contributed by atoms with van der Waals surface area (Å²) in [5.74, 6) is -0.500. The quantitative estimate of drug-likeness (QED) is 0.224. The number of rotatable bonds is 11. The molecule has 0 aromatic heterocycles. The zero-order valence-electron chi connectivity index (χ0n) is 18.4. The number of carbonyl (C=O) groups is 3. The monoisotopic (exact) mass is 472 g/mol. The molecule has 4 N–H and O–H groups in total. The Morgan fingerprint density at radius 1 is 0.879 bits per heavy atom. The zero-order valence-corrected chi connectivity index (χ0v) is 19.2. The summed E-state index contributed by atoms with van der Waals surface area (Å²) in [6, 6.07) is 16.0. The van der Waals surface area contributed by atoms with Gasteiger partial charge in [-0.25, -0.2) is 0 Å². The van der Waals surface area contributed by atoms with Gasteiger partial charge >= 0.3 is 0 Å². The summed E-state index contributed by atoms with van der Waals surface area (Å²) in [4.78, 5) is 36.0. The third-order valence-electron chi connectivity index (χ3n) is 4.27. The summed E-state index contributed by atoms with van der Waals surface area (Å²) in [6.07, 6.45) is -0.00655. The van der Waals surface area contributed by atoms with Crippen molar-refractivity contribution in [3.63, 3.8) is 0 Å². The van der Waals surface area contributed by atoms with Gasteiger partial charge in [0.05, 0.1) is 6.61 Å². The third kappa shape index (κ3) is 10.6. The fourth-order valence-electron chi connectivity index (χ4n) is 2.57. The highest BCUT2D eigenvalue weighted by molar-refractivity contribution is 7.80. The molecule has 3 amide bonds. The molecule has 0 saturated carbocycles. The summed E-state index contributed by atoms with van der Waals surface area (Å²) >= 11 is 5.01. The number of ether oxygens (including phenoxy) is 2. The number of carbonyl (C=O) groups excluding carboxylic acids is 3. The SMILES string of the molecule is CCOCCOc1ccc(C(=O)NC(=S)NNC(=O)CCC(=O)NCc2ccccc2)cc1. The van der Waals surface area contributed by atoms with Crippen molar-refractivity contribution in [1.29, 1.82) is 0 Å². The molecule has 33 heavy (non-hydrogen) atoms. The minimum Gasteiger partial charge on any atom is -0.491 e. The van der Waals surface area contributed by atoms with Gasteiger partial charge in [0, 0.05) is 31.6 Å². The van der Waals surface area contributed by atoms with E-state index in [2.05, 4.69) is 21.5 Å². The van der Waals surface area contributed by atoms with Crippen molar-refractivity contribution in [3.8, 4) is 5.75 Å². The summed E-state index contributed by atoms with van der Waals surface area (Å²) < 4.78 is 10.7. The van der Waals surface area contributed by atoms with Gasteiger partial charge < -0.3 is 14.8 Å². The lowest BCUT2D eigenvalue weighted by molar-refractivity contribution is -0.126. The minimum atomic E-state index is -0.442. The topological polar surface area (TPSA) is 118 Å². The number of hydrogen-bond donors (Lipinski definition) is 4. The van der Waals surface area contributed by atoms with Crippen molar-refractivity contribution in [1.82, 2.24) is 21.5 Å². The minimum absolute atomic E-state index is 0.0262. The molecule has 2 rings (SSSR count). The number of thiocarbonyl (C=S) groups is 1. The molecule has 0 spiro atoms. The Morgan fingerprint density at radius 2 is 1.58 bits per heavy atom. The molecule has 2 aromatic carbocycles. The van der Waals surface area contributed by atoms with Crippen molar-refractivity contribution in [3.05, 3.63) is 65.7 Å². The van der Waals surface area contributed by atoms with Crippen LogP contribution in [0, 0.1) is 0 Å². The molecule has 0 fully saturated rings. The summed E-state index contributed by atoms with van der Waals surface area (Å²) in [6.45, 7) is 3.84. The Morgan fingerprint density at radius 3 is 2.27 bits per heavy atom. The van der Waals surface area contributed by atoms with Crippen LogP contribution in [0.15, 0.2) is 54.6 Å². The summed E-state index contributed by atoms with van der Waals surface area (Å²) in [5, 5.41) is 5.14. The second-order valence-corrected chi connectivity index (χ2v) is 7.20. The molecule has 0 unspecified atom stereocenters. The number of amides is 3. The average Bonchev–Trinajstić information content (AvgIpc) is 2.83. The number of hydrogen-bond acceptors (Lipinski definition) is 6. The zero-order chi connectivity index (χ0) is 23.9. The molecular weight excluding hydrogens is 444 g/mol. The highest BCUT2D eigenvalue weighted by Crippen LogP contribution is 2.12. The molecule has 0 aliphatic heterocycles. The Balaban J connectivity index is 1.62. The van der Waals surface area contributed by atoms with Gasteiger partial charge in [-0.05, 0) is 49.0 Å². The first-order valence-corrected chi connectivity index (χ1v) is 10.9. The molecule has 10 heteroatoms. The highest BCUT2D eigenvalue weighted by atomic mass is 32.1. The molecule has 9 nitrogen and oxygen atoms in total. The van der Waals surface area contributed by atoms with Crippen LogP contribution in [0.2, 0.25) is 0 Å². The van der Waals surface area contributed by atoms with Crippen molar-refractivity contribution in [2.75, 3.05) is 19.8 Å². The Hall–Kier alpha value is -3.50. The number of benzene rings is 2. The van der Waals surface area contributed by atoms with E-state index in [1.165, 1.54) is 0 Å². The van der Waals surface area contributed by atoms with Gasteiger partial charge in [-0.3, -0.25) is 30.6 Å². The maximum absolute atomic E-state index is 12.2. The van der Waals surface area contributed by atoms with Crippen LogP contribution in [0.4, 0.5) is 0 Å². The second-order valence-electron chi connectivity index (χ2n) is 6.79. The van der Waals surface area contributed by atoms with Crippen LogP contribution in [-0.4, -0.2) is 42.7 Å². The molecule has 0 heterocycles. The Labute approximate surface area is 198 Å². The van der Waals surface area contributed by atoms with Crippen LogP contribution in [0.3, 0.4) is 0 Å². The van der Waals surface area contributed by atoms with Gasteiger partial charge in [0.25, 0.3) is 5.91 Å². The molecule has 0 aliphatic rings. The van der Waals surface area contributed by atoms with Gasteiger partial charge in [0.2, 0.25) is 11.8 Å². The lowest BCUT2D eigenvalue weighted by Gasteiger charge is -2.11. The van der Waals surface area contributed by atoms with Crippen LogP contribution in [-0.2, 0) is 20.9 Å². The summed E-state index contributed by atoms with van der Waals surface area (Å²) in [5.41, 5.74) is 6.15. The largest absolute Gasteiger partial charge is 0.491 e. The van der Waals surface area contributed by atoms with Crippen molar-refractivity contribution in [2.24, 2.45) is 0 Å². The van der Waals surface area contributed by atoms with Crippen molar-refractivity contribution >= 4 is 35.1 Å². The second kappa shape index (κ2) is 14.5. The van der Waals surface area contributed by atoms with Crippen molar-refractivity contribution < 1.29 is 23.9 Å². The van der Waals surface area contributed by atoms with Gasteiger partial charge in [-0.1, -0.05) is 30.3 Å². The standard InChI is InChI=1S/C23H28N4O5S/c1-2-31-14-15-32-19-10-8-18(9-11-19)22(30)25-23(33)27-26-21(29)13-12-20(28)24-16-17-6-4-3-5-7-17/h3-11H,2,12-16H2,1H3,(H,24,28)(H,26,29)(H2,25,27,30,33). The van der Waals surface area contributed by atoms with E-state index in [9.17, 15) is 14.4 Å². The molecule has 0 radical (unpaired) electrons. The highest BCUT2D eigenvalue weighted by Gasteiger charge is 2.10. The first kappa shape index (κ1) is 25.8. The predicted molar refractivity (Wildman–Crippen MR) is 127 cm³/mol. The Kier molecular flexibility index (Phi) is 11.3. The predicted octanol–water partition coefficient (Wildman–Crippen LogP) is 1.83. The van der Waals surface area contributed by atoms with E-state index in [4.69, 9.17) is 21.7 Å². The van der Waals surface area contributed by atoms with Gasteiger partial charge in [-0.15, -0.1) is 0 Å². The summed E-state index contributed by atoms with van der Waals surface area (Å²) in [7, 11) is 0. The normalized spacial score (nSPS) is 10.1. The molecule has 0 saturated heterocycles. The van der Waals surface area contributed by atoms with E-state index < -0.39 is 11.8 Å². The molecule has 0 atom stereocenters. The molecule has 176 valence electrons. The van der Waals surface area contributed by atoms with Crippen LogP contribution in [0.5, 0.6) is 5.75 Å². The van der Waals surface area contributed by atoms with Gasteiger partial charge in [-0.2, -0.15) is 0 Å². The Bertz CT molecular complexity index is 922. The van der Waals surface area contributed by atoms with E-state index in [1.54, 1.807) is 24.3 Å². The number of hydrazine groups is 1. The molecule has 0 aliphatic carbocycles. The van der Waals surface area contributed by atoms with Crippen LogP contribution < -0.4 is 26.2 Å². The van der Waals surface area contributed by atoms with E-state index in [0.29, 0.717) is 37.7 Å². The van der Waals surface area contributed by atoms with E-state index >= 15 is 0 Å². The lowest BCUT2D eigenvalue weighted by atomic mass is 10.2. The van der Waals surface area contributed by atoms with Gasteiger partial charge in [0.15, 0.2) is 5.11 Å². The molecule has 2 aromatic rings. The van der Waals surface area contributed by atoms with Gasteiger partial charge in [0.1, 0.15) is 12.4 Å². The maximum Gasteiger partial charge on any atom is 0.257 e.